The molecule has 0 saturated carbocycles. The Morgan fingerprint density at radius 2 is 1.05 bits per heavy atom. The van der Waals surface area contributed by atoms with Crippen molar-refractivity contribution in [1.29, 1.82) is 0 Å². The predicted molar refractivity (Wildman–Crippen MR) is 177 cm³/mol. The van der Waals surface area contributed by atoms with Crippen LogP contribution in [0.2, 0.25) is 0 Å². The second-order valence-electron chi connectivity index (χ2n) is 14.2. The molecule has 0 aliphatic rings. The zero-order chi connectivity index (χ0) is 34.3. The number of ether oxygens (including phenoxy) is 2. The summed E-state index contributed by atoms with van der Waals surface area (Å²) in [5.74, 6) is 3.18. The Labute approximate surface area is 261 Å². The molecule has 0 fully saturated rings. The van der Waals surface area contributed by atoms with Gasteiger partial charge >= 0.3 is 11.9 Å². The molecule has 0 saturated heterocycles. The van der Waals surface area contributed by atoms with E-state index in [2.05, 4.69) is 41.5 Å². The zero-order valence-corrected chi connectivity index (χ0v) is 30.9. The second-order valence-corrected chi connectivity index (χ2v) is 14.2. The maximum Gasteiger partial charge on any atom is 0.308 e. The highest BCUT2D eigenvalue weighted by Crippen LogP contribution is 2.15. The SMILES string of the molecule is CC(C)CC(=O)C(C)C(C)C.CC(C)CC(=O)OC(C)C.CC(C)CN(C)C(=O)C(C)C.CC(C)COC(=O)C(C)C. The summed E-state index contributed by atoms with van der Waals surface area (Å²) < 4.78 is 9.85. The summed E-state index contributed by atoms with van der Waals surface area (Å²) in [6.07, 6.45) is 1.28. The van der Waals surface area contributed by atoms with Crippen LogP contribution in [0.3, 0.4) is 0 Å². The van der Waals surface area contributed by atoms with E-state index in [1.165, 1.54) is 0 Å². The molecule has 1 atom stereocenters. The Bertz CT molecular complexity index is 696. The standard InChI is InChI=1S/C10H20O.C9H19NO.2C8H16O2/c1-7(2)6-10(11)9(5)8(3)4;1-7(2)6-10(5)9(11)8(3)4;1-6(2)5-10-8(9)7(3)4;1-6(2)5-8(9)10-7(3)4/h7-9H,6H2,1-5H3;7-8H,6H2,1-5H3;2*6-7H,5H2,1-4H3. The summed E-state index contributed by atoms with van der Waals surface area (Å²) in [5.41, 5.74) is 0. The molecule has 0 aromatic carbocycles. The summed E-state index contributed by atoms with van der Waals surface area (Å²) >= 11 is 0. The average Bonchev–Trinajstić information content (AvgIpc) is 2.80. The molecule has 0 rings (SSSR count). The van der Waals surface area contributed by atoms with Crippen molar-refractivity contribution < 1.29 is 28.7 Å². The van der Waals surface area contributed by atoms with Gasteiger partial charge in [-0.15, -0.1) is 0 Å². The predicted octanol–water partition coefficient (Wildman–Crippen LogP) is 8.48. The molecule has 7 heteroatoms. The van der Waals surface area contributed by atoms with Crippen LogP contribution in [0.5, 0.6) is 0 Å². The molecule has 0 spiro atoms. The Hall–Kier alpha value is -1.92. The van der Waals surface area contributed by atoms with Crippen molar-refractivity contribution in [2.24, 2.45) is 47.3 Å². The molecular weight excluding hydrogens is 530 g/mol. The summed E-state index contributed by atoms with van der Waals surface area (Å²) in [5, 5.41) is 0. The lowest BCUT2D eigenvalue weighted by molar-refractivity contribution is -0.149. The van der Waals surface area contributed by atoms with Crippen molar-refractivity contribution in [1.82, 2.24) is 4.90 Å². The van der Waals surface area contributed by atoms with Gasteiger partial charge in [-0.05, 0) is 43.4 Å². The minimum absolute atomic E-state index is 0.00116. The minimum Gasteiger partial charge on any atom is -0.465 e. The number of Topliss-reactive ketones (excluding diaryl/α,β-unsaturated/α-hetero) is 1. The molecule has 0 aliphatic heterocycles. The van der Waals surface area contributed by atoms with Crippen LogP contribution in [0.25, 0.3) is 0 Å². The van der Waals surface area contributed by atoms with Gasteiger partial charge in [0.05, 0.1) is 18.6 Å². The lowest BCUT2D eigenvalue weighted by atomic mass is 9.89. The number of carbonyl (C=O) groups excluding carboxylic acids is 4. The molecule has 0 aliphatic carbocycles. The van der Waals surface area contributed by atoms with Gasteiger partial charge in [-0.25, -0.2) is 0 Å². The van der Waals surface area contributed by atoms with Crippen LogP contribution in [-0.2, 0) is 28.7 Å². The second kappa shape index (κ2) is 26.7. The monoisotopic (exact) mass is 602 g/mol. The zero-order valence-electron chi connectivity index (χ0n) is 30.9. The summed E-state index contributed by atoms with van der Waals surface area (Å²) in [7, 11) is 1.86. The Balaban J connectivity index is -0.000000229. The highest BCUT2D eigenvalue weighted by atomic mass is 16.5. The molecule has 0 aromatic rings. The van der Waals surface area contributed by atoms with Crippen molar-refractivity contribution in [2.75, 3.05) is 20.2 Å². The molecule has 0 radical (unpaired) electrons. The van der Waals surface area contributed by atoms with E-state index in [-0.39, 0.29) is 41.7 Å². The maximum atomic E-state index is 11.4. The molecule has 252 valence electrons. The number of nitrogens with zero attached hydrogens (tertiary/aromatic N) is 1. The summed E-state index contributed by atoms with van der Waals surface area (Å²) in [6, 6.07) is 0. The van der Waals surface area contributed by atoms with Crippen LogP contribution >= 0.6 is 0 Å². The van der Waals surface area contributed by atoms with E-state index in [4.69, 9.17) is 9.47 Å². The van der Waals surface area contributed by atoms with E-state index in [1.807, 2.05) is 83.2 Å². The molecule has 1 unspecified atom stereocenters. The molecule has 0 heterocycles. The fraction of sp³-hybridized carbons (Fsp3) is 0.886. The minimum atomic E-state index is -0.103. The average molecular weight is 602 g/mol. The summed E-state index contributed by atoms with van der Waals surface area (Å²) in [4.78, 5) is 46.2. The number of rotatable bonds is 13. The van der Waals surface area contributed by atoms with Crippen LogP contribution in [0, 0.1) is 47.3 Å². The first-order valence-corrected chi connectivity index (χ1v) is 16.1. The molecular formula is C35H71NO6. The Morgan fingerprint density at radius 3 is 1.33 bits per heavy atom. The number of amides is 1. The van der Waals surface area contributed by atoms with Gasteiger partial charge in [0.15, 0.2) is 0 Å². The third-order valence-electron chi connectivity index (χ3n) is 5.60. The Morgan fingerprint density at radius 1 is 0.595 bits per heavy atom. The molecule has 0 N–H and O–H groups in total. The van der Waals surface area contributed by atoms with Crippen LogP contribution in [0.1, 0.15) is 131 Å². The summed E-state index contributed by atoms with van der Waals surface area (Å²) in [6.45, 7) is 35.3. The Kier molecular flexibility index (Phi) is 29.9. The van der Waals surface area contributed by atoms with Crippen LogP contribution in [-0.4, -0.2) is 54.8 Å². The van der Waals surface area contributed by atoms with Crippen LogP contribution in [0.4, 0.5) is 0 Å². The van der Waals surface area contributed by atoms with E-state index in [0.717, 1.165) is 13.0 Å². The highest BCUT2D eigenvalue weighted by molar-refractivity contribution is 5.81. The van der Waals surface area contributed by atoms with Gasteiger partial charge in [0.25, 0.3) is 0 Å². The van der Waals surface area contributed by atoms with Crippen molar-refractivity contribution in [3.05, 3.63) is 0 Å². The number of carbonyl (C=O) groups is 4. The normalized spacial score (nSPS) is 11.6. The third kappa shape index (κ3) is 34.3. The van der Waals surface area contributed by atoms with Gasteiger partial charge in [-0.3, -0.25) is 19.2 Å². The first-order valence-electron chi connectivity index (χ1n) is 16.1. The lowest BCUT2D eigenvalue weighted by Crippen LogP contribution is -2.33. The molecule has 7 nitrogen and oxygen atoms in total. The van der Waals surface area contributed by atoms with Crippen LogP contribution in [0.15, 0.2) is 0 Å². The smallest absolute Gasteiger partial charge is 0.308 e. The largest absolute Gasteiger partial charge is 0.465 e. The van der Waals surface area contributed by atoms with E-state index >= 15 is 0 Å². The first kappa shape index (κ1) is 47.0. The number of hydrogen-bond donors (Lipinski definition) is 0. The maximum absolute atomic E-state index is 11.4. The van der Waals surface area contributed by atoms with Gasteiger partial charge in [0.2, 0.25) is 5.91 Å². The number of ketones is 1. The quantitative estimate of drug-likeness (QED) is 0.197. The highest BCUT2D eigenvalue weighted by Gasteiger charge is 2.17. The van der Waals surface area contributed by atoms with Crippen LogP contribution < -0.4 is 0 Å². The van der Waals surface area contributed by atoms with E-state index in [1.54, 1.807) is 4.90 Å². The van der Waals surface area contributed by atoms with Crippen molar-refractivity contribution >= 4 is 23.6 Å². The van der Waals surface area contributed by atoms with Gasteiger partial charge in [-0.2, -0.15) is 0 Å². The van der Waals surface area contributed by atoms with Crippen molar-refractivity contribution in [3.8, 4) is 0 Å². The third-order valence-corrected chi connectivity index (χ3v) is 5.60. The van der Waals surface area contributed by atoms with Gasteiger partial charge in [0.1, 0.15) is 5.78 Å². The van der Waals surface area contributed by atoms with Gasteiger partial charge in [-0.1, -0.05) is 104 Å². The number of esters is 2. The molecule has 0 aromatic heterocycles. The topological polar surface area (TPSA) is 90.0 Å². The van der Waals surface area contributed by atoms with Crippen molar-refractivity contribution in [3.63, 3.8) is 0 Å². The van der Waals surface area contributed by atoms with Gasteiger partial charge in [0, 0.05) is 38.3 Å². The van der Waals surface area contributed by atoms with E-state index < -0.39 is 0 Å². The number of hydrogen-bond acceptors (Lipinski definition) is 6. The fourth-order valence-electron chi connectivity index (χ4n) is 3.10. The van der Waals surface area contributed by atoms with E-state index in [0.29, 0.717) is 48.4 Å². The molecule has 0 bridgehead atoms. The van der Waals surface area contributed by atoms with Gasteiger partial charge < -0.3 is 14.4 Å². The van der Waals surface area contributed by atoms with Crippen molar-refractivity contribution in [2.45, 2.75) is 137 Å². The lowest BCUT2D eigenvalue weighted by Gasteiger charge is -2.21. The molecule has 1 amide bonds. The fourth-order valence-corrected chi connectivity index (χ4v) is 3.10. The molecule has 42 heavy (non-hydrogen) atoms. The first-order chi connectivity index (χ1) is 19.0. The van der Waals surface area contributed by atoms with E-state index in [9.17, 15) is 19.2 Å².